The van der Waals surface area contributed by atoms with Crippen LogP contribution in [0.5, 0.6) is 0 Å². The molecule has 1 amide bonds. The van der Waals surface area contributed by atoms with Gasteiger partial charge in [0.05, 0.1) is 28.2 Å². The third-order valence-corrected chi connectivity index (χ3v) is 3.64. The third-order valence-electron chi connectivity index (χ3n) is 3.10. The first-order valence-electron chi connectivity index (χ1n) is 6.60. The lowest BCUT2D eigenvalue weighted by molar-refractivity contribution is 0.102. The first kappa shape index (κ1) is 15.5. The molecule has 2 aromatic carbocycles. The lowest BCUT2D eigenvalue weighted by Crippen LogP contribution is -2.11. The summed E-state index contributed by atoms with van der Waals surface area (Å²) in [6, 6.07) is 10.8. The molecule has 1 heterocycles. The molecule has 0 unspecified atom stereocenters. The van der Waals surface area contributed by atoms with Gasteiger partial charge in [0.25, 0.3) is 5.91 Å². The van der Waals surface area contributed by atoms with Gasteiger partial charge in [0.2, 0.25) is 0 Å². The van der Waals surface area contributed by atoms with Crippen LogP contribution in [-0.4, -0.2) is 15.7 Å². The van der Waals surface area contributed by atoms with Gasteiger partial charge in [-0.3, -0.25) is 4.79 Å². The highest BCUT2D eigenvalue weighted by atomic mass is 35.5. The van der Waals surface area contributed by atoms with Gasteiger partial charge in [0.1, 0.15) is 5.82 Å². The van der Waals surface area contributed by atoms with Crippen molar-refractivity contribution in [3.63, 3.8) is 0 Å². The van der Waals surface area contributed by atoms with Crippen molar-refractivity contribution in [1.29, 1.82) is 0 Å². The van der Waals surface area contributed by atoms with Crippen molar-refractivity contribution in [3.05, 3.63) is 76.3 Å². The second kappa shape index (κ2) is 6.40. The highest BCUT2D eigenvalue weighted by Crippen LogP contribution is 2.23. The molecular formula is C16H10Cl2FN3O. The minimum absolute atomic E-state index is 0.126. The largest absolute Gasteiger partial charge is 0.321 e. The van der Waals surface area contributed by atoms with E-state index in [-0.39, 0.29) is 5.02 Å². The molecule has 0 radical (unpaired) electrons. The summed E-state index contributed by atoms with van der Waals surface area (Å²) in [5, 5.41) is 7.44. The molecule has 0 atom stereocenters. The maximum absolute atomic E-state index is 13.0. The van der Waals surface area contributed by atoms with Gasteiger partial charge >= 0.3 is 0 Å². The summed E-state index contributed by atoms with van der Waals surface area (Å²) in [6.45, 7) is 0. The molecule has 0 saturated carbocycles. The van der Waals surface area contributed by atoms with Gasteiger partial charge in [-0.15, -0.1) is 0 Å². The van der Waals surface area contributed by atoms with Crippen molar-refractivity contribution < 1.29 is 9.18 Å². The second-order valence-electron chi connectivity index (χ2n) is 4.73. The predicted octanol–water partition coefficient (Wildman–Crippen LogP) is 4.57. The standard InChI is InChI=1S/C16H10Cl2FN3O/c17-11-2-1-3-13(6-11)22-9-10(8-20-22)16(23)21-15-5-4-12(19)7-14(15)18/h1-9H,(H,21,23). The Labute approximate surface area is 141 Å². The smallest absolute Gasteiger partial charge is 0.258 e. The maximum atomic E-state index is 13.0. The summed E-state index contributed by atoms with van der Waals surface area (Å²) in [7, 11) is 0. The van der Waals surface area contributed by atoms with Crippen LogP contribution in [0.2, 0.25) is 10.0 Å². The first-order chi connectivity index (χ1) is 11.0. The van der Waals surface area contributed by atoms with Crippen LogP contribution in [-0.2, 0) is 0 Å². The van der Waals surface area contributed by atoms with Gasteiger partial charge < -0.3 is 5.32 Å². The van der Waals surface area contributed by atoms with Gasteiger partial charge in [-0.1, -0.05) is 29.3 Å². The van der Waals surface area contributed by atoms with Crippen LogP contribution in [0.3, 0.4) is 0 Å². The number of carbonyl (C=O) groups excluding carboxylic acids is 1. The van der Waals surface area contributed by atoms with Crippen LogP contribution in [0.4, 0.5) is 10.1 Å². The Hall–Kier alpha value is -2.37. The lowest BCUT2D eigenvalue weighted by atomic mass is 10.2. The van der Waals surface area contributed by atoms with E-state index in [1.807, 2.05) is 6.07 Å². The summed E-state index contributed by atoms with van der Waals surface area (Å²) in [5.74, 6) is -0.867. The van der Waals surface area contributed by atoms with Crippen LogP contribution >= 0.6 is 23.2 Å². The number of nitrogens with zero attached hydrogens (tertiary/aromatic N) is 2. The zero-order valence-corrected chi connectivity index (χ0v) is 13.1. The average Bonchev–Trinajstić information content (AvgIpc) is 3.00. The van der Waals surface area contributed by atoms with Crippen molar-refractivity contribution in [3.8, 4) is 5.69 Å². The molecule has 3 aromatic rings. The van der Waals surface area contributed by atoms with Crippen molar-refractivity contribution in [2.24, 2.45) is 0 Å². The minimum atomic E-state index is -0.471. The fourth-order valence-corrected chi connectivity index (χ4v) is 2.38. The number of amides is 1. The second-order valence-corrected chi connectivity index (χ2v) is 5.58. The Kier molecular flexibility index (Phi) is 4.32. The first-order valence-corrected chi connectivity index (χ1v) is 7.35. The number of carbonyl (C=O) groups is 1. The van der Waals surface area contributed by atoms with Crippen molar-refractivity contribution in [2.45, 2.75) is 0 Å². The van der Waals surface area contributed by atoms with Gasteiger partial charge in [-0.25, -0.2) is 9.07 Å². The van der Waals surface area contributed by atoms with Gasteiger partial charge in [0.15, 0.2) is 0 Å². The predicted molar refractivity (Wildman–Crippen MR) is 87.9 cm³/mol. The molecule has 0 aliphatic heterocycles. The van der Waals surface area contributed by atoms with E-state index in [4.69, 9.17) is 23.2 Å². The molecule has 0 saturated heterocycles. The van der Waals surface area contributed by atoms with Crippen LogP contribution in [0.1, 0.15) is 10.4 Å². The molecule has 116 valence electrons. The molecule has 0 fully saturated rings. The molecule has 0 spiro atoms. The molecule has 3 rings (SSSR count). The fourth-order valence-electron chi connectivity index (χ4n) is 1.99. The Morgan fingerprint density at radius 3 is 2.74 bits per heavy atom. The topological polar surface area (TPSA) is 46.9 Å². The van der Waals surface area contributed by atoms with Crippen LogP contribution in [0.15, 0.2) is 54.9 Å². The lowest BCUT2D eigenvalue weighted by Gasteiger charge is -2.05. The Morgan fingerprint density at radius 2 is 2.00 bits per heavy atom. The van der Waals surface area contributed by atoms with Crippen molar-refractivity contribution in [1.82, 2.24) is 9.78 Å². The van der Waals surface area contributed by atoms with E-state index in [2.05, 4.69) is 10.4 Å². The molecular weight excluding hydrogens is 340 g/mol. The number of hydrogen-bond acceptors (Lipinski definition) is 2. The fraction of sp³-hybridized carbons (Fsp3) is 0. The molecule has 23 heavy (non-hydrogen) atoms. The monoisotopic (exact) mass is 349 g/mol. The molecule has 0 aliphatic rings. The van der Waals surface area contributed by atoms with Crippen LogP contribution in [0, 0.1) is 5.82 Å². The van der Waals surface area contributed by atoms with E-state index >= 15 is 0 Å². The van der Waals surface area contributed by atoms with Crippen LogP contribution in [0.25, 0.3) is 5.69 Å². The third kappa shape index (κ3) is 3.52. The summed E-state index contributed by atoms with van der Waals surface area (Å²) in [4.78, 5) is 12.2. The van der Waals surface area contributed by atoms with E-state index in [9.17, 15) is 9.18 Å². The van der Waals surface area contributed by atoms with Gasteiger partial charge in [-0.2, -0.15) is 5.10 Å². The highest BCUT2D eigenvalue weighted by Gasteiger charge is 2.12. The molecule has 1 N–H and O–H groups in total. The number of nitrogens with one attached hydrogen (secondary N) is 1. The van der Waals surface area contributed by atoms with E-state index in [0.29, 0.717) is 16.3 Å². The summed E-state index contributed by atoms with van der Waals surface area (Å²) >= 11 is 11.8. The van der Waals surface area contributed by atoms with Crippen LogP contribution < -0.4 is 5.32 Å². The van der Waals surface area contributed by atoms with E-state index in [0.717, 1.165) is 11.8 Å². The Balaban J connectivity index is 1.81. The number of anilines is 1. The molecule has 1 aromatic heterocycles. The summed E-state index contributed by atoms with van der Waals surface area (Å²) in [5.41, 5.74) is 1.40. The maximum Gasteiger partial charge on any atom is 0.258 e. The number of aromatic nitrogens is 2. The number of halogens is 3. The Bertz CT molecular complexity index is 879. The van der Waals surface area contributed by atoms with Gasteiger partial charge in [0, 0.05) is 11.2 Å². The molecule has 7 heteroatoms. The number of rotatable bonds is 3. The highest BCUT2D eigenvalue weighted by molar-refractivity contribution is 6.34. The SMILES string of the molecule is O=C(Nc1ccc(F)cc1Cl)c1cnn(-c2cccc(Cl)c2)c1. The zero-order valence-electron chi connectivity index (χ0n) is 11.6. The van der Waals surface area contributed by atoms with E-state index < -0.39 is 11.7 Å². The quantitative estimate of drug-likeness (QED) is 0.752. The van der Waals surface area contributed by atoms with Crippen molar-refractivity contribution in [2.75, 3.05) is 5.32 Å². The molecule has 0 bridgehead atoms. The van der Waals surface area contributed by atoms with E-state index in [1.54, 1.807) is 24.4 Å². The zero-order chi connectivity index (χ0) is 16.4. The number of benzene rings is 2. The summed E-state index contributed by atoms with van der Waals surface area (Å²) < 4.78 is 14.5. The molecule has 0 aliphatic carbocycles. The minimum Gasteiger partial charge on any atom is -0.321 e. The Morgan fingerprint density at radius 1 is 1.17 bits per heavy atom. The van der Waals surface area contributed by atoms with Crippen molar-refractivity contribution >= 4 is 34.8 Å². The average molecular weight is 350 g/mol. The normalized spacial score (nSPS) is 10.6. The summed E-state index contributed by atoms with van der Waals surface area (Å²) in [6.07, 6.45) is 2.99. The molecule has 4 nitrogen and oxygen atoms in total. The number of hydrogen-bond donors (Lipinski definition) is 1. The van der Waals surface area contributed by atoms with E-state index in [1.165, 1.54) is 23.0 Å². The van der Waals surface area contributed by atoms with Gasteiger partial charge in [-0.05, 0) is 36.4 Å².